The molecule has 3 heteroatoms. The highest BCUT2D eigenvalue weighted by Gasteiger charge is 2.09. The number of aryl methyl sites for hydroxylation is 1. The molecule has 0 amide bonds. The third-order valence-corrected chi connectivity index (χ3v) is 3.85. The summed E-state index contributed by atoms with van der Waals surface area (Å²) in [5.41, 5.74) is 5.32. The highest BCUT2D eigenvalue weighted by atomic mass is 15.2. The molecule has 3 nitrogen and oxygen atoms in total. The molecule has 20 heavy (non-hydrogen) atoms. The minimum atomic E-state index is 0.238. The standard InChI is InChI=1S/C17H31N3/c1-3-4-5-6-7-8-9-10-11-17(20-18)16-12-15(2)13-19-14-16/h12-14,17,20H,3-11,18H2,1-2H3. The number of hydrogen-bond acceptors (Lipinski definition) is 3. The normalized spacial score (nSPS) is 12.6. The number of nitrogens with zero attached hydrogens (tertiary/aromatic N) is 1. The van der Waals surface area contributed by atoms with E-state index >= 15 is 0 Å². The molecular weight excluding hydrogens is 246 g/mol. The zero-order chi connectivity index (χ0) is 14.6. The molecule has 3 N–H and O–H groups in total. The van der Waals surface area contributed by atoms with Crippen LogP contribution < -0.4 is 11.3 Å². The van der Waals surface area contributed by atoms with Gasteiger partial charge in [0.1, 0.15) is 0 Å². The maximum atomic E-state index is 5.67. The minimum absolute atomic E-state index is 0.238. The van der Waals surface area contributed by atoms with Crippen LogP contribution in [0.4, 0.5) is 0 Å². The van der Waals surface area contributed by atoms with Crippen LogP contribution in [0, 0.1) is 6.92 Å². The van der Waals surface area contributed by atoms with Gasteiger partial charge in [-0.3, -0.25) is 16.3 Å². The van der Waals surface area contributed by atoms with Crippen molar-refractivity contribution in [3.63, 3.8) is 0 Å². The molecule has 0 spiro atoms. The summed E-state index contributed by atoms with van der Waals surface area (Å²) in [5, 5.41) is 0. The molecule has 0 saturated heterocycles. The molecule has 0 radical (unpaired) electrons. The van der Waals surface area contributed by atoms with Crippen LogP contribution in [0.5, 0.6) is 0 Å². The van der Waals surface area contributed by atoms with Gasteiger partial charge in [0.2, 0.25) is 0 Å². The number of rotatable bonds is 11. The van der Waals surface area contributed by atoms with Gasteiger partial charge in [-0.1, -0.05) is 64.4 Å². The van der Waals surface area contributed by atoms with Gasteiger partial charge in [0, 0.05) is 18.4 Å². The van der Waals surface area contributed by atoms with Crippen molar-refractivity contribution in [3.8, 4) is 0 Å². The zero-order valence-electron chi connectivity index (χ0n) is 13.2. The summed E-state index contributed by atoms with van der Waals surface area (Å²) in [6, 6.07) is 2.41. The third kappa shape index (κ3) is 7.01. The fourth-order valence-electron chi connectivity index (χ4n) is 2.60. The van der Waals surface area contributed by atoms with Gasteiger partial charge in [-0.2, -0.15) is 0 Å². The van der Waals surface area contributed by atoms with Crippen molar-refractivity contribution in [1.29, 1.82) is 0 Å². The Bertz CT molecular complexity index is 352. The first-order valence-electron chi connectivity index (χ1n) is 8.15. The summed E-state index contributed by atoms with van der Waals surface area (Å²) in [7, 11) is 0. The van der Waals surface area contributed by atoms with Crippen molar-refractivity contribution in [2.75, 3.05) is 0 Å². The van der Waals surface area contributed by atoms with Crippen molar-refractivity contribution >= 4 is 0 Å². The van der Waals surface area contributed by atoms with E-state index in [4.69, 9.17) is 5.84 Å². The first-order valence-corrected chi connectivity index (χ1v) is 8.15. The number of unbranched alkanes of at least 4 members (excludes halogenated alkanes) is 7. The second-order valence-corrected chi connectivity index (χ2v) is 5.78. The highest BCUT2D eigenvalue weighted by Crippen LogP contribution is 2.20. The van der Waals surface area contributed by atoms with Crippen LogP contribution in [-0.4, -0.2) is 4.98 Å². The molecule has 0 fully saturated rings. The summed E-state index contributed by atoms with van der Waals surface area (Å²) in [6.07, 6.45) is 15.7. The average Bonchev–Trinajstić information content (AvgIpc) is 2.46. The molecule has 0 saturated carbocycles. The fourth-order valence-corrected chi connectivity index (χ4v) is 2.60. The van der Waals surface area contributed by atoms with Gasteiger partial charge in [-0.15, -0.1) is 0 Å². The molecule has 0 aliphatic heterocycles. The van der Waals surface area contributed by atoms with E-state index in [9.17, 15) is 0 Å². The average molecular weight is 277 g/mol. The van der Waals surface area contributed by atoms with Gasteiger partial charge in [-0.05, 0) is 24.5 Å². The zero-order valence-corrected chi connectivity index (χ0v) is 13.2. The first-order chi connectivity index (χ1) is 9.77. The van der Waals surface area contributed by atoms with Crippen molar-refractivity contribution in [2.24, 2.45) is 5.84 Å². The van der Waals surface area contributed by atoms with E-state index in [0.717, 1.165) is 6.42 Å². The second kappa shape index (κ2) is 10.8. The van der Waals surface area contributed by atoms with Crippen molar-refractivity contribution in [2.45, 2.75) is 77.7 Å². The van der Waals surface area contributed by atoms with Crippen LogP contribution in [0.25, 0.3) is 0 Å². The topological polar surface area (TPSA) is 50.9 Å². The summed E-state index contributed by atoms with van der Waals surface area (Å²) in [5.74, 6) is 5.67. The lowest BCUT2D eigenvalue weighted by Crippen LogP contribution is -2.28. The van der Waals surface area contributed by atoms with E-state index in [1.807, 2.05) is 12.4 Å². The van der Waals surface area contributed by atoms with E-state index in [2.05, 4.69) is 30.3 Å². The molecular formula is C17H31N3. The highest BCUT2D eigenvalue weighted by molar-refractivity contribution is 5.19. The SMILES string of the molecule is CCCCCCCCCCC(NN)c1cncc(C)c1. The smallest absolute Gasteiger partial charge is 0.0475 e. The number of nitrogens with two attached hydrogens (primary N) is 1. The van der Waals surface area contributed by atoms with Crippen LogP contribution in [-0.2, 0) is 0 Å². The Labute approximate surface area is 124 Å². The van der Waals surface area contributed by atoms with Gasteiger partial charge >= 0.3 is 0 Å². The quantitative estimate of drug-likeness (QED) is 0.357. The van der Waals surface area contributed by atoms with Crippen LogP contribution in [0.15, 0.2) is 18.5 Å². The summed E-state index contributed by atoms with van der Waals surface area (Å²) in [4.78, 5) is 4.24. The maximum absolute atomic E-state index is 5.67. The predicted octanol–water partition coefficient (Wildman–Crippen LogP) is 4.43. The van der Waals surface area contributed by atoms with Gasteiger partial charge < -0.3 is 0 Å². The summed E-state index contributed by atoms with van der Waals surface area (Å²) >= 11 is 0. The Morgan fingerprint density at radius 2 is 1.70 bits per heavy atom. The fraction of sp³-hybridized carbons (Fsp3) is 0.706. The Balaban J connectivity index is 2.16. The van der Waals surface area contributed by atoms with E-state index in [0.29, 0.717) is 0 Å². The Hall–Kier alpha value is -0.930. The molecule has 1 aromatic rings. The third-order valence-electron chi connectivity index (χ3n) is 3.85. The monoisotopic (exact) mass is 277 g/mol. The second-order valence-electron chi connectivity index (χ2n) is 5.78. The van der Waals surface area contributed by atoms with Crippen molar-refractivity contribution < 1.29 is 0 Å². The predicted molar refractivity (Wildman–Crippen MR) is 86.3 cm³/mol. The first kappa shape index (κ1) is 17.1. The van der Waals surface area contributed by atoms with Crippen molar-refractivity contribution in [3.05, 3.63) is 29.6 Å². The van der Waals surface area contributed by atoms with E-state index in [1.54, 1.807) is 0 Å². The molecule has 114 valence electrons. The van der Waals surface area contributed by atoms with Gasteiger partial charge in [0.15, 0.2) is 0 Å². The number of hydrogen-bond donors (Lipinski definition) is 2. The molecule has 1 rings (SSSR count). The Morgan fingerprint density at radius 1 is 1.05 bits per heavy atom. The molecule has 0 aliphatic rings. The number of nitrogens with one attached hydrogen (secondary N) is 1. The molecule has 0 aliphatic carbocycles. The molecule has 0 aromatic carbocycles. The Kier molecular flexibility index (Phi) is 9.25. The van der Waals surface area contributed by atoms with E-state index < -0.39 is 0 Å². The van der Waals surface area contributed by atoms with Gasteiger partial charge in [0.25, 0.3) is 0 Å². The van der Waals surface area contributed by atoms with Crippen LogP contribution >= 0.6 is 0 Å². The molecule has 1 heterocycles. The molecule has 1 unspecified atom stereocenters. The lowest BCUT2D eigenvalue weighted by Gasteiger charge is -2.16. The number of hydrazine groups is 1. The van der Waals surface area contributed by atoms with E-state index in [-0.39, 0.29) is 6.04 Å². The molecule has 1 aromatic heterocycles. The van der Waals surface area contributed by atoms with Crippen molar-refractivity contribution in [1.82, 2.24) is 10.4 Å². The lowest BCUT2D eigenvalue weighted by molar-refractivity contribution is 0.474. The lowest BCUT2D eigenvalue weighted by atomic mass is 10.0. The largest absolute Gasteiger partial charge is 0.271 e. The molecule has 0 bridgehead atoms. The maximum Gasteiger partial charge on any atom is 0.0475 e. The molecule has 1 atom stereocenters. The minimum Gasteiger partial charge on any atom is -0.271 e. The van der Waals surface area contributed by atoms with Gasteiger partial charge in [0.05, 0.1) is 0 Å². The summed E-state index contributed by atoms with van der Waals surface area (Å²) < 4.78 is 0. The Morgan fingerprint density at radius 3 is 2.30 bits per heavy atom. The van der Waals surface area contributed by atoms with E-state index in [1.165, 1.54) is 62.5 Å². The van der Waals surface area contributed by atoms with Crippen LogP contribution in [0.3, 0.4) is 0 Å². The number of aromatic nitrogens is 1. The van der Waals surface area contributed by atoms with Crippen LogP contribution in [0.1, 0.15) is 81.9 Å². The van der Waals surface area contributed by atoms with Gasteiger partial charge in [-0.25, -0.2) is 0 Å². The summed E-state index contributed by atoms with van der Waals surface area (Å²) in [6.45, 7) is 4.33. The van der Waals surface area contributed by atoms with Crippen LogP contribution in [0.2, 0.25) is 0 Å². The number of pyridine rings is 1.